The summed E-state index contributed by atoms with van der Waals surface area (Å²) < 4.78 is 43.6. The Morgan fingerprint density at radius 3 is 2.81 bits per heavy atom. The number of nitrogens with one attached hydrogen (secondary N) is 2. The molecule has 31 heavy (non-hydrogen) atoms. The van der Waals surface area contributed by atoms with Gasteiger partial charge in [-0.3, -0.25) is 9.48 Å². The molecule has 3 heterocycles. The lowest BCUT2D eigenvalue weighted by Gasteiger charge is -2.18. The number of amides is 1. The highest BCUT2D eigenvalue weighted by atomic mass is 32.1. The SMILES string of the molecule is Cn1ncc(NC(=O)c2csc(-c3c(F)cccc3F)n2)c1[C@@H]1CC[C@@H](N)[C@@H](F)CN1. The number of aromatic nitrogens is 3. The van der Waals surface area contributed by atoms with Crippen molar-refractivity contribution >= 4 is 22.9 Å². The lowest BCUT2D eigenvalue weighted by Crippen LogP contribution is -2.36. The van der Waals surface area contributed by atoms with Gasteiger partial charge in [0, 0.05) is 25.0 Å². The predicted molar refractivity (Wildman–Crippen MR) is 111 cm³/mol. The molecule has 1 fully saturated rings. The number of anilines is 1. The van der Waals surface area contributed by atoms with Gasteiger partial charge >= 0.3 is 0 Å². The molecule has 11 heteroatoms. The van der Waals surface area contributed by atoms with Gasteiger partial charge in [0.25, 0.3) is 5.91 Å². The number of nitrogens with zero attached hydrogens (tertiary/aromatic N) is 3. The second-order valence-corrected chi connectivity index (χ2v) is 8.23. The van der Waals surface area contributed by atoms with E-state index in [1.54, 1.807) is 11.7 Å². The fourth-order valence-electron chi connectivity index (χ4n) is 3.62. The third-order valence-corrected chi connectivity index (χ3v) is 6.15. The molecular formula is C20H21F3N6OS. The first kappa shape index (κ1) is 21.5. The topological polar surface area (TPSA) is 97.9 Å². The summed E-state index contributed by atoms with van der Waals surface area (Å²) in [6.07, 6.45) is 1.41. The van der Waals surface area contributed by atoms with Gasteiger partial charge in [0.15, 0.2) is 0 Å². The third kappa shape index (κ3) is 4.34. The molecule has 4 rings (SSSR count). The van der Waals surface area contributed by atoms with Gasteiger partial charge in [0.2, 0.25) is 0 Å². The number of carbonyl (C=O) groups excluding carboxylic acids is 1. The Morgan fingerprint density at radius 2 is 2.06 bits per heavy atom. The zero-order valence-corrected chi connectivity index (χ0v) is 17.4. The van der Waals surface area contributed by atoms with Gasteiger partial charge in [0.1, 0.15) is 28.5 Å². The first-order valence-corrected chi connectivity index (χ1v) is 10.6. The Labute approximate surface area is 180 Å². The van der Waals surface area contributed by atoms with E-state index in [1.165, 1.54) is 17.6 Å². The normalized spacial score (nSPS) is 21.6. The quantitative estimate of drug-likeness (QED) is 0.567. The second-order valence-electron chi connectivity index (χ2n) is 7.37. The Hall–Kier alpha value is -2.76. The Kier molecular flexibility index (Phi) is 6.08. The average Bonchev–Trinajstić information content (AvgIpc) is 3.31. The van der Waals surface area contributed by atoms with Crippen molar-refractivity contribution < 1.29 is 18.0 Å². The van der Waals surface area contributed by atoms with Crippen molar-refractivity contribution in [3.05, 3.63) is 52.8 Å². The van der Waals surface area contributed by atoms with Crippen LogP contribution in [0.3, 0.4) is 0 Å². The maximum absolute atomic E-state index is 14.0. The van der Waals surface area contributed by atoms with Crippen LogP contribution in [0.2, 0.25) is 0 Å². The summed E-state index contributed by atoms with van der Waals surface area (Å²) in [6.45, 7) is 0.105. The molecule has 0 radical (unpaired) electrons. The number of thiazole rings is 1. The van der Waals surface area contributed by atoms with Crippen LogP contribution in [-0.2, 0) is 7.05 Å². The second kappa shape index (κ2) is 8.77. The van der Waals surface area contributed by atoms with Gasteiger partial charge in [0.05, 0.1) is 29.2 Å². The fourth-order valence-corrected chi connectivity index (χ4v) is 4.47. The van der Waals surface area contributed by atoms with Crippen molar-refractivity contribution in [2.24, 2.45) is 12.8 Å². The molecule has 0 aliphatic carbocycles. The number of hydrogen-bond acceptors (Lipinski definition) is 6. The largest absolute Gasteiger partial charge is 0.325 e. The van der Waals surface area contributed by atoms with E-state index < -0.39 is 29.8 Å². The van der Waals surface area contributed by atoms with E-state index in [9.17, 15) is 18.0 Å². The molecule has 2 aromatic heterocycles. The molecule has 1 aliphatic rings. The number of aryl methyl sites for hydroxylation is 1. The Balaban J connectivity index is 1.55. The number of rotatable bonds is 4. The minimum atomic E-state index is -1.15. The summed E-state index contributed by atoms with van der Waals surface area (Å²) in [6, 6.07) is 2.74. The molecule has 4 N–H and O–H groups in total. The molecular weight excluding hydrogens is 429 g/mol. The van der Waals surface area contributed by atoms with Crippen LogP contribution in [0.15, 0.2) is 29.8 Å². The number of carbonyl (C=O) groups is 1. The maximum Gasteiger partial charge on any atom is 0.275 e. The number of benzene rings is 1. The van der Waals surface area contributed by atoms with Gasteiger partial charge in [-0.15, -0.1) is 11.3 Å². The van der Waals surface area contributed by atoms with Crippen LogP contribution in [0.25, 0.3) is 10.6 Å². The van der Waals surface area contributed by atoms with Gasteiger partial charge in [-0.25, -0.2) is 18.2 Å². The number of hydrogen-bond donors (Lipinski definition) is 3. The lowest BCUT2D eigenvalue weighted by molar-refractivity contribution is 0.102. The molecule has 0 saturated carbocycles. The van der Waals surface area contributed by atoms with Crippen LogP contribution in [0.5, 0.6) is 0 Å². The van der Waals surface area contributed by atoms with Gasteiger partial charge in [-0.1, -0.05) is 6.07 Å². The van der Waals surface area contributed by atoms with Crippen molar-refractivity contribution in [2.75, 3.05) is 11.9 Å². The molecule has 1 aliphatic heterocycles. The molecule has 1 saturated heterocycles. The fraction of sp³-hybridized carbons (Fsp3) is 0.350. The zero-order chi connectivity index (χ0) is 22.1. The number of nitrogens with two attached hydrogens (primary N) is 1. The summed E-state index contributed by atoms with van der Waals surface area (Å²) in [7, 11) is 1.73. The van der Waals surface area contributed by atoms with Crippen molar-refractivity contribution in [1.29, 1.82) is 0 Å². The van der Waals surface area contributed by atoms with E-state index in [4.69, 9.17) is 5.73 Å². The van der Waals surface area contributed by atoms with E-state index in [1.807, 2.05) is 0 Å². The van der Waals surface area contributed by atoms with Gasteiger partial charge in [-0.2, -0.15) is 5.10 Å². The third-order valence-electron chi connectivity index (χ3n) is 5.29. The van der Waals surface area contributed by atoms with Crippen LogP contribution < -0.4 is 16.4 Å². The van der Waals surface area contributed by atoms with Crippen LogP contribution in [-0.4, -0.2) is 39.4 Å². The van der Waals surface area contributed by atoms with Crippen LogP contribution in [0.4, 0.5) is 18.9 Å². The van der Waals surface area contributed by atoms with Gasteiger partial charge in [-0.05, 0) is 25.0 Å². The molecule has 3 aromatic rings. The minimum Gasteiger partial charge on any atom is -0.325 e. The van der Waals surface area contributed by atoms with Gasteiger partial charge < -0.3 is 16.4 Å². The number of alkyl halides is 1. The van der Waals surface area contributed by atoms with Crippen LogP contribution in [0, 0.1) is 11.6 Å². The monoisotopic (exact) mass is 450 g/mol. The lowest BCUT2D eigenvalue weighted by atomic mass is 10.0. The molecule has 1 aromatic carbocycles. The van der Waals surface area contributed by atoms with E-state index in [0.717, 1.165) is 23.5 Å². The number of halogens is 3. The summed E-state index contributed by atoms with van der Waals surface area (Å²) in [5.74, 6) is -2.04. The highest BCUT2D eigenvalue weighted by Crippen LogP contribution is 2.31. The van der Waals surface area contributed by atoms with Crippen molar-refractivity contribution in [3.8, 4) is 10.6 Å². The van der Waals surface area contributed by atoms with E-state index in [2.05, 4.69) is 20.7 Å². The summed E-state index contributed by atoms with van der Waals surface area (Å²) in [4.78, 5) is 16.9. The van der Waals surface area contributed by atoms with Crippen LogP contribution in [0.1, 0.15) is 35.1 Å². The highest BCUT2D eigenvalue weighted by Gasteiger charge is 2.29. The molecule has 164 valence electrons. The Bertz CT molecular complexity index is 1070. The predicted octanol–water partition coefficient (Wildman–Crippen LogP) is 3.16. The molecule has 0 spiro atoms. The summed E-state index contributed by atoms with van der Waals surface area (Å²) in [5.41, 5.74) is 6.72. The standard InChI is InChI=1S/C20H21F3N6OS/c1-29-18(14-6-5-13(24)12(23)7-25-14)15(8-26-29)27-19(30)16-9-31-20(28-16)17-10(21)3-2-4-11(17)22/h2-4,8-9,12-14,25H,5-7,24H2,1H3,(H,27,30)/t12-,13+,14-/m0/s1. The summed E-state index contributed by atoms with van der Waals surface area (Å²) in [5, 5.41) is 11.6. The van der Waals surface area contributed by atoms with E-state index in [-0.39, 0.29) is 28.9 Å². The molecule has 7 nitrogen and oxygen atoms in total. The maximum atomic E-state index is 14.0. The smallest absolute Gasteiger partial charge is 0.275 e. The average molecular weight is 450 g/mol. The zero-order valence-electron chi connectivity index (χ0n) is 16.6. The summed E-state index contributed by atoms with van der Waals surface area (Å²) >= 11 is 0.970. The first-order chi connectivity index (χ1) is 14.8. The van der Waals surface area contributed by atoms with Crippen molar-refractivity contribution in [1.82, 2.24) is 20.1 Å². The molecule has 1 amide bonds. The molecule has 0 unspecified atom stereocenters. The van der Waals surface area contributed by atoms with E-state index in [0.29, 0.717) is 24.2 Å². The van der Waals surface area contributed by atoms with Crippen molar-refractivity contribution in [3.63, 3.8) is 0 Å². The van der Waals surface area contributed by atoms with Crippen LogP contribution >= 0.6 is 11.3 Å². The molecule has 3 atom stereocenters. The van der Waals surface area contributed by atoms with E-state index >= 15 is 0 Å². The van der Waals surface area contributed by atoms with Crippen molar-refractivity contribution in [2.45, 2.75) is 31.1 Å². The molecule has 0 bridgehead atoms. The first-order valence-electron chi connectivity index (χ1n) is 9.71. The highest BCUT2D eigenvalue weighted by molar-refractivity contribution is 7.13. The Morgan fingerprint density at radius 1 is 1.32 bits per heavy atom. The minimum absolute atomic E-state index is 0.0251.